The Kier molecular flexibility index (Phi) is 3.69. The molecule has 0 unspecified atom stereocenters. The molecule has 0 amide bonds. The number of anilines is 1. The molecule has 0 aliphatic heterocycles. The zero-order valence-corrected chi connectivity index (χ0v) is 10.7. The van der Waals surface area contributed by atoms with Crippen LogP contribution in [0.5, 0.6) is 0 Å². The van der Waals surface area contributed by atoms with Gasteiger partial charge in [-0.15, -0.1) is 0 Å². The van der Waals surface area contributed by atoms with Crippen molar-refractivity contribution < 1.29 is 4.92 Å². The van der Waals surface area contributed by atoms with Crippen molar-refractivity contribution in [3.8, 4) is 5.82 Å². The van der Waals surface area contributed by atoms with Crippen molar-refractivity contribution in [3.63, 3.8) is 0 Å². The zero-order valence-electron chi connectivity index (χ0n) is 10.7. The Morgan fingerprint density at radius 1 is 1.37 bits per heavy atom. The van der Waals surface area contributed by atoms with E-state index in [1.54, 1.807) is 17.0 Å². The van der Waals surface area contributed by atoms with Gasteiger partial charge in [0.15, 0.2) is 0 Å². The molecule has 100 valence electrons. The van der Waals surface area contributed by atoms with Crippen LogP contribution in [0.25, 0.3) is 5.82 Å². The molecule has 0 aliphatic carbocycles. The maximum Gasteiger partial charge on any atom is 0.354 e. The van der Waals surface area contributed by atoms with Crippen LogP contribution >= 0.6 is 0 Å². The molecule has 8 heteroatoms. The van der Waals surface area contributed by atoms with Gasteiger partial charge < -0.3 is 5.32 Å². The number of hydrogen-bond acceptors (Lipinski definition) is 6. The Labute approximate surface area is 109 Å². The number of hydrogen-bond donors (Lipinski definition) is 1. The molecule has 2 heterocycles. The second kappa shape index (κ2) is 5.42. The number of nitrogens with one attached hydrogen (secondary N) is 1. The monoisotopic (exact) mass is 262 g/mol. The third-order valence-corrected chi connectivity index (χ3v) is 2.59. The van der Waals surface area contributed by atoms with Crippen LogP contribution in [0.3, 0.4) is 0 Å². The smallest absolute Gasteiger partial charge is 0.354 e. The maximum atomic E-state index is 11.3. The fourth-order valence-corrected chi connectivity index (χ4v) is 1.80. The standard InChI is InChI=1S/C11H14N6O2/c1-3-8-13-5-6-16(8)11-9(17(18)19)10(12-4-2)14-7-15-11/h5-7H,3-4H2,1-2H3,(H,12,14,15). The van der Waals surface area contributed by atoms with Gasteiger partial charge in [-0.1, -0.05) is 6.92 Å². The summed E-state index contributed by atoms with van der Waals surface area (Å²) in [6.45, 7) is 4.32. The van der Waals surface area contributed by atoms with Crippen LogP contribution in [0.4, 0.5) is 11.5 Å². The molecule has 8 nitrogen and oxygen atoms in total. The molecule has 0 spiro atoms. The Balaban J connectivity index is 2.63. The van der Waals surface area contributed by atoms with Crippen molar-refractivity contribution in [2.24, 2.45) is 0 Å². The predicted octanol–water partition coefficient (Wildman–Crippen LogP) is 1.56. The number of rotatable bonds is 5. The van der Waals surface area contributed by atoms with Crippen LogP contribution < -0.4 is 5.32 Å². The number of nitrogens with zero attached hydrogens (tertiary/aromatic N) is 5. The van der Waals surface area contributed by atoms with E-state index in [9.17, 15) is 10.1 Å². The Morgan fingerprint density at radius 2 is 2.16 bits per heavy atom. The molecular weight excluding hydrogens is 248 g/mol. The highest BCUT2D eigenvalue weighted by Crippen LogP contribution is 2.28. The van der Waals surface area contributed by atoms with Crippen LogP contribution in [0.2, 0.25) is 0 Å². The Hall–Kier alpha value is -2.51. The average molecular weight is 262 g/mol. The lowest BCUT2D eigenvalue weighted by molar-refractivity contribution is -0.384. The lowest BCUT2D eigenvalue weighted by Crippen LogP contribution is -2.10. The van der Waals surface area contributed by atoms with Gasteiger partial charge in [-0.3, -0.25) is 14.7 Å². The quantitative estimate of drug-likeness (QED) is 0.648. The third-order valence-electron chi connectivity index (χ3n) is 2.59. The first-order valence-corrected chi connectivity index (χ1v) is 5.94. The van der Waals surface area contributed by atoms with Gasteiger partial charge in [-0.05, 0) is 6.92 Å². The van der Waals surface area contributed by atoms with Gasteiger partial charge in [-0.2, -0.15) is 0 Å². The highest BCUT2D eigenvalue weighted by atomic mass is 16.6. The van der Waals surface area contributed by atoms with Gasteiger partial charge in [0, 0.05) is 25.4 Å². The lowest BCUT2D eigenvalue weighted by Gasteiger charge is -2.09. The molecule has 0 fully saturated rings. The summed E-state index contributed by atoms with van der Waals surface area (Å²) in [7, 11) is 0. The van der Waals surface area contributed by atoms with Gasteiger partial charge >= 0.3 is 5.69 Å². The van der Waals surface area contributed by atoms with Crippen LogP contribution in [-0.4, -0.2) is 31.0 Å². The minimum Gasteiger partial charge on any atom is -0.364 e. The van der Waals surface area contributed by atoms with Gasteiger partial charge in [0.1, 0.15) is 12.2 Å². The first-order valence-electron chi connectivity index (χ1n) is 5.94. The van der Waals surface area contributed by atoms with Gasteiger partial charge in [-0.25, -0.2) is 15.0 Å². The molecule has 1 N–H and O–H groups in total. The highest BCUT2D eigenvalue weighted by Gasteiger charge is 2.24. The van der Waals surface area contributed by atoms with E-state index in [1.807, 2.05) is 13.8 Å². The van der Waals surface area contributed by atoms with Crippen LogP contribution in [0.1, 0.15) is 19.7 Å². The Bertz CT molecular complexity index is 595. The van der Waals surface area contributed by atoms with E-state index in [0.29, 0.717) is 18.8 Å². The first kappa shape index (κ1) is 12.9. The molecule has 0 atom stereocenters. The van der Waals surface area contributed by atoms with Crippen molar-refractivity contribution in [2.75, 3.05) is 11.9 Å². The molecule has 2 aromatic rings. The molecule has 0 saturated carbocycles. The summed E-state index contributed by atoms with van der Waals surface area (Å²) < 4.78 is 1.61. The summed E-state index contributed by atoms with van der Waals surface area (Å²) in [5.74, 6) is 1.16. The number of aromatic nitrogens is 4. The van der Waals surface area contributed by atoms with E-state index in [1.165, 1.54) is 6.33 Å². The summed E-state index contributed by atoms with van der Waals surface area (Å²) in [4.78, 5) is 22.9. The maximum absolute atomic E-state index is 11.3. The zero-order chi connectivity index (χ0) is 13.8. The molecule has 2 aromatic heterocycles. The van der Waals surface area contributed by atoms with E-state index >= 15 is 0 Å². The minimum absolute atomic E-state index is 0.142. The highest BCUT2D eigenvalue weighted by molar-refractivity contribution is 5.64. The number of aryl methyl sites for hydroxylation is 1. The number of imidazole rings is 1. The lowest BCUT2D eigenvalue weighted by atomic mass is 10.4. The van der Waals surface area contributed by atoms with Gasteiger partial charge in [0.05, 0.1) is 4.92 Å². The van der Waals surface area contributed by atoms with Crippen molar-refractivity contribution in [3.05, 3.63) is 34.7 Å². The van der Waals surface area contributed by atoms with Gasteiger partial charge in [0.25, 0.3) is 0 Å². The van der Waals surface area contributed by atoms with Crippen LogP contribution in [0.15, 0.2) is 18.7 Å². The average Bonchev–Trinajstić information content (AvgIpc) is 2.86. The normalized spacial score (nSPS) is 10.4. The van der Waals surface area contributed by atoms with Crippen LogP contribution in [-0.2, 0) is 6.42 Å². The summed E-state index contributed by atoms with van der Waals surface area (Å²) >= 11 is 0. The summed E-state index contributed by atoms with van der Waals surface area (Å²) in [5.41, 5.74) is -0.142. The molecular formula is C11H14N6O2. The molecule has 19 heavy (non-hydrogen) atoms. The SMILES string of the molecule is CCNc1ncnc(-n2ccnc2CC)c1[N+](=O)[O-]. The fourth-order valence-electron chi connectivity index (χ4n) is 1.80. The van der Waals surface area contributed by atoms with E-state index in [0.717, 1.165) is 0 Å². The molecule has 2 rings (SSSR count). The molecule has 0 aromatic carbocycles. The van der Waals surface area contributed by atoms with Crippen molar-refractivity contribution >= 4 is 11.5 Å². The van der Waals surface area contributed by atoms with E-state index in [-0.39, 0.29) is 17.3 Å². The second-order valence-corrected chi connectivity index (χ2v) is 3.75. The third kappa shape index (κ3) is 2.37. The Morgan fingerprint density at radius 3 is 2.79 bits per heavy atom. The van der Waals surface area contributed by atoms with Crippen molar-refractivity contribution in [1.29, 1.82) is 0 Å². The van der Waals surface area contributed by atoms with E-state index < -0.39 is 4.92 Å². The van der Waals surface area contributed by atoms with E-state index in [4.69, 9.17) is 0 Å². The van der Waals surface area contributed by atoms with Gasteiger partial charge in [0.2, 0.25) is 11.6 Å². The summed E-state index contributed by atoms with van der Waals surface area (Å²) in [6, 6.07) is 0. The van der Waals surface area contributed by atoms with Crippen molar-refractivity contribution in [2.45, 2.75) is 20.3 Å². The molecule has 0 radical (unpaired) electrons. The molecule has 0 bridgehead atoms. The molecule has 0 saturated heterocycles. The second-order valence-electron chi connectivity index (χ2n) is 3.75. The number of nitro groups is 1. The van der Waals surface area contributed by atoms with Crippen LogP contribution in [0, 0.1) is 10.1 Å². The van der Waals surface area contributed by atoms with E-state index in [2.05, 4.69) is 20.3 Å². The predicted molar refractivity (Wildman–Crippen MR) is 69.4 cm³/mol. The largest absolute Gasteiger partial charge is 0.364 e. The fraction of sp³-hybridized carbons (Fsp3) is 0.364. The minimum atomic E-state index is -0.479. The summed E-state index contributed by atoms with van der Waals surface area (Å²) in [5, 5.41) is 14.1. The van der Waals surface area contributed by atoms with Crippen molar-refractivity contribution in [1.82, 2.24) is 19.5 Å². The molecule has 0 aliphatic rings. The topological polar surface area (TPSA) is 98.8 Å². The summed E-state index contributed by atoms with van der Waals surface area (Å²) in [6.07, 6.45) is 5.21. The first-order chi connectivity index (χ1) is 9.19.